The van der Waals surface area contributed by atoms with E-state index in [4.69, 9.17) is 4.74 Å². The Hall–Kier alpha value is -0.610. The zero-order valence-electron chi connectivity index (χ0n) is 8.56. The number of nitrogens with one attached hydrogen (secondary N) is 2. The van der Waals surface area contributed by atoms with Gasteiger partial charge in [0.15, 0.2) is 0 Å². The molecule has 0 saturated carbocycles. The van der Waals surface area contributed by atoms with Crippen molar-refractivity contribution in [3.05, 3.63) is 0 Å². The van der Waals surface area contributed by atoms with E-state index < -0.39 is 0 Å². The molecule has 78 valence electrons. The summed E-state index contributed by atoms with van der Waals surface area (Å²) < 4.78 is 5.18. The zero-order chi connectivity index (χ0) is 9.94. The van der Waals surface area contributed by atoms with Crippen LogP contribution in [0.3, 0.4) is 0 Å². The van der Waals surface area contributed by atoms with Gasteiger partial charge in [0.05, 0.1) is 6.61 Å². The minimum atomic E-state index is 0.0614. The molecule has 0 bridgehead atoms. The number of hydrogen-bond acceptors (Lipinski definition) is 3. The third-order valence-electron chi connectivity index (χ3n) is 1.52. The van der Waals surface area contributed by atoms with Gasteiger partial charge in [0.1, 0.15) is 0 Å². The number of amides is 1. The lowest BCUT2D eigenvalue weighted by Crippen LogP contribution is -2.30. The zero-order valence-corrected chi connectivity index (χ0v) is 8.56. The molecule has 0 aliphatic carbocycles. The van der Waals surface area contributed by atoms with Gasteiger partial charge < -0.3 is 15.4 Å². The predicted octanol–water partition coefficient (Wildman–Crippen LogP) is 0.139. The van der Waals surface area contributed by atoms with Crippen molar-refractivity contribution in [2.45, 2.75) is 19.8 Å². The molecule has 4 nitrogen and oxygen atoms in total. The molecule has 0 aromatic carbocycles. The number of rotatable bonds is 8. The number of ether oxygens (including phenoxy) is 1. The average molecular weight is 188 g/mol. The van der Waals surface area contributed by atoms with Crippen LogP contribution in [0.25, 0.3) is 0 Å². The maximum Gasteiger partial charge on any atom is 0.222 e. The molecule has 0 atom stereocenters. The Morgan fingerprint density at radius 2 is 2.08 bits per heavy atom. The summed E-state index contributed by atoms with van der Waals surface area (Å²) in [5, 5.41) is 5.73. The molecule has 4 heteroatoms. The summed E-state index contributed by atoms with van der Waals surface area (Å²) in [5.41, 5.74) is 0. The maximum atomic E-state index is 11.1. The summed E-state index contributed by atoms with van der Waals surface area (Å²) in [4.78, 5) is 11.1. The molecule has 0 spiro atoms. The molecular weight excluding hydrogens is 168 g/mol. The Morgan fingerprint density at radius 1 is 1.31 bits per heavy atom. The van der Waals surface area contributed by atoms with Crippen molar-refractivity contribution in [2.75, 3.05) is 33.4 Å². The second kappa shape index (κ2) is 9.48. The number of carbonyl (C=O) groups excluding carboxylic acids is 1. The van der Waals surface area contributed by atoms with E-state index in [1.165, 1.54) is 0 Å². The first-order valence-corrected chi connectivity index (χ1v) is 4.80. The largest absolute Gasteiger partial charge is 0.381 e. The van der Waals surface area contributed by atoms with Crippen molar-refractivity contribution in [2.24, 2.45) is 0 Å². The van der Waals surface area contributed by atoms with Crippen molar-refractivity contribution >= 4 is 5.91 Å². The molecular formula is C9H20N2O2. The maximum absolute atomic E-state index is 11.1. The van der Waals surface area contributed by atoms with Gasteiger partial charge in [-0.05, 0) is 13.5 Å². The van der Waals surface area contributed by atoms with Gasteiger partial charge in [-0.25, -0.2) is 0 Å². The van der Waals surface area contributed by atoms with Crippen LogP contribution in [0.2, 0.25) is 0 Å². The molecule has 0 unspecified atom stereocenters. The van der Waals surface area contributed by atoms with Gasteiger partial charge in [0, 0.05) is 26.1 Å². The highest BCUT2D eigenvalue weighted by atomic mass is 16.5. The van der Waals surface area contributed by atoms with E-state index in [-0.39, 0.29) is 5.91 Å². The lowest BCUT2D eigenvalue weighted by atomic mass is 10.4. The summed E-state index contributed by atoms with van der Waals surface area (Å²) in [6.07, 6.45) is 1.46. The monoisotopic (exact) mass is 188 g/mol. The van der Waals surface area contributed by atoms with E-state index >= 15 is 0 Å². The Morgan fingerprint density at radius 3 is 2.69 bits per heavy atom. The van der Waals surface area contributed by atoms with E-state index in [2.05, 4.69) is 10.6 Å². The van der Waals surface area contributed by atoms with Gasteiger partial charge >= 0.3 is 0 Å². The van der Waals surface area contributed by atoms with E-state index in [9.17, 15) is 4.79 Å². The van der Waals surface area contributed by atoms with Crippen molar-refractivity contribution < 1.29 is 9.53 Å². The van der Waals surface area contributed by atoms with E-state index in [1.54, 1.807) is 0 Å². The van der Waals surface area contributed by atoms with Crippen LogP contribution >= 0.6 is 0 Å². The van der Waals surface area contributed by atoms with Crippen LogP contribution in [0.1, 0.15) is 19.8 Å². The van der Waals surface area contributed by atoms with Gasteiger partial charge in [0.25, 0.3) is 0 Å². The first kappa shape index (κ1) is 12.4. The SMILES string of the molecule is CCCOCCC(=O)NCCNC. The first-order chi connectivity index (χ1) is 6.31. The minimum absolute atomic E-state index is 0.0614. The lowest BCUT2D eigenvalue weighted by Gasteiger charge is -2.04. The van der Waals surface area contributed by atoms with Crippen LogP contribution in [0, 0.1) is 0 Å². The highest BCUT2D eigenvalue weighted by molar-refractivity contribution is 5.75. The summed E-state index contributed by atoms with van der Waals surface area (Å²) in [7, 11) is 1.86. The predicted molar refractivity (Wildman–Crippen MR) is 52.7 cm³/mol. The summed E-state index contributed by atoms with van der Waals surface area (Å²) in [6, 6.07) is 0. The molecule has 13 heavy (non-hydrogen) atoms. The normalized spacial score (nSPS) is 10.0. The van der Waals surface area contributed by atoms with Crippen LogP contribution in [0.15, 0.2) is 0 Å². The molecule has 0 saturated heterocycles. The smallest absolute Gasteiger partial charge is 0.222 e. The average Bonchev–Trinajstić information content (AvgIpc) is 2.13. The molecule has 0 aromatic heterocycles. The fourth-order valence-corrected chi connectivity index (χ4v) is 0.827. The molecule has 0 fully saturated rings. The van der Waals surface area contributed by atoms with Crippen molar-refractivity contribution in [3.63, 3.8) is 0 Å². The van der Waals surface area contributed by atoms with Gasteiger partial charge in [-0.15, -0.1) is 0 Å². The number of likely N-dealkylation sites (N-methyl/N-ethyl adjacent to an activating group) is 1. The van der Waals surface area contributed by atoms with Gasteiger partial charge in [-0.1, -0.05) is 6.92 Å². The van der Waals surface area contributed by atoms with Crippen LogP contribution in [0.4, 0.5) is 0 Å². The van der Waals surface area contributed by atoms with Crippen LogP contribution in [-0.2, 0) is 9.53 Å². The molecule has 1 amide bonds. The van der Waals surface area contributed by atoms with Gasteiger partial charge in [-0.2, -0.15) is 0 Å². The summed E-state index contributed by atoms with van der Waals surface area (Å²) in [5.74, 6) is 0.0614. The van der Waals surface area contributed by atoms with E-state index in [1.807, 2.05) is 14.0 Å². The number of hydrogen-bond donors (Lipinski definition) is 2. The van der Waals surface area contributed by atoms with Gasteiger partial charge in [-0.3, -0.25) is 4.79 Å². The Balaban J connectivity index is 3.11. The fraction of sp³-hybridized carbons (Fsp3) is 0.889. The summed E-state index contributed by atoms with van der Waals surface area (Å²) in [6.45, 7) is 4.81. The Bertz CT molecular complexity index is 129. The molecule has 0 rings (SSSR count). The van der Waals surface area contributed by atoms with Crippen LogP contribution in [0.5, 0.6) is 0 Å². The highest BCUT2D eigenvalue weighted by Crippen LogP contribution is 1.84. The highest BCUT2D eigenvalue weighted by Gasteiger charge is 1.98. The molecule has 0 aliphatic rings. The standard InChI is InChI=1S/C9H20N2O2/c1-3-7-13-8-4-9(12)11-6-5-10-2/h10H,3-8H2,1-2H3,(H,11,12). The van der Waals surface area contributed by atoms with Crippen LogP contribution < -0.4 is 10.6 Å². The molecule has 0 aromatic rings. The van der Waals surface area contributed by atoms with Gasteiger partial charge in [0.2, 0.25) is 5.91 Å². The topological polar surface area (TPSA) is 50.4 Å². The molecule has 0 aliphatic heterocycles. The second-order valence-corrected chi connectivity index (χ2v) is 2.82. The van der Waals surface area contributed by atoms with Crippen molar-refractivity contribution in [1.29, 1.82) is 0 Å². The van der Waals surface area contributed by atoms with Crippen LogP contribution in [-0.4, -0.2) is 39.3 Å². The summed E-state index contributed by atoms with van der Waals surface area (Å²) >= 11 is 0. The molecule has 2 N–H and O–H groups in total. The third-order valence-corrected chi connectivity index (χ3v) is 1.52. The first-order valence-electron chi connectivity index (χ1n) is 4.80. The van der Waals surface area contributed by atoms with E-state index in [0.29, 0.717) is 19.6 Å². The lowest BCUT2D eigenvalue weighted by molar-refractivity contribution is -0.122. The Kier molecular flexibility index (Phi) is 9.03. The quantitative estimate of drug-likeness (QED) is 0.533. The van der Waals surface area contributed by atoms with Crippen molar-refractivity contribution in [1.82, 2.24) is 10.6 Å². The third kappa shape index (κ3) is 9.30. The van der Waals surface area contributed by atoms with E-state index in [0.717, 1.165) is 19.6 Å². The Labute approximate surface area is 80.0 Å². The van der Waals surface area contributed by atoms with Crippen molar-refractivity contribution in [3.8, 4) is 0 Å². The molecule has 0 radical (unpaired) electrons. The second-order valence-electron chi connectivity index (χ2n) is 2.82. The number of carbonyl (C=O) groups is 1. The minimum Gasteiger partial charge on any atom is -0.381 e. The molecule has 0 heterocycles. The fourth-order valence-electron chi connectivity index (χ4n) is 0.827.